The number of halogens is 1. The molecule has 104 valence electrons. The minimum Gasteiger partial charge on any atom is -0.356 e. The van der Waals surface area contributed by atoms with E-state index in [1.165, 1.54) is 0 Å². The van der Waals surface area contributed by atoms with E-state index < -0.39 is 0 Å². The van der Waals surface area contributed by atoms with Crippen molar-refractivity contribution < 1.29 is 4.79 Å². The van der Waals surface area contributed by atoms with E-state index in [9.17, 15) is 4.79 Å². The largest absolute Gasteiger partial charge is 0.356 e. The summed E-state index contributed by atoms with van der Waals surface area (Å²) in [5.41, 5.74) is 2.72. The molecule has 0 saturated carbocycles. The number of amides is 1. The quantitative estimate of drug-likeness (QED) is 0.858. The molecule has 4 heteroatoms. The Balaban J connectivity index is 2.01. The van der Waals surface area contributed by atoms with Crippen molar-refractivity contribution in [2.45, 2.75) is 13.8 Å². The van der Waals surface area contributed by atoms with Crippen molar-refractivity contribution in [3.8, 4) is 0 Å². The zero-order chi connectivity index (χ0) is 14.5. The number of benzene rings is 2. The van der Waals surface area contributed by atoms with E-state index in [-0.39, 0.29) is 11.8 Å². The topological polar surface area (TPSA) is 41.1 Å². The molecule has 0 unspecified atom stereocenters. The fourth-order valence-electron chi connectivity index (χ4n) is 1.62. The summed E-state index contributed by atoms with van der Waals surface area (Å²) in [6.07, 6.45) is 0. The molecule has 0 atom stereocenters. The number of rotatable bonds is 4. The van der Waals surface area contributed by atoms with Crippen molar-refractivity contribution in [1.29, 1.82) is 0 Å². The average molecular weight is 289 g/mol. The van der Waals surface area contributed by atoms with Gasteiger partial charge in [-0.1, -0.05) is 25.4 Å². The van der Waals surface area contributed by atoms with E-state index in [1.54, 1.807) is 0 Å². The van der Waals surface area contributed by atoms with Crippen LogP contribution in [0.3, 0.4) is 0 Å². The fourth-order valence-corrected chi connectivity index (χ4v) is 1.75. The van der Waals surface area contributed by atoms with Gasteiger partial charge < -0.3 is 10.6 Å². The molecule has 3 nitrogen and oxygen atoms in total. The molecule has 0 aliphatic rings. The van der Waals surface area contributed by atoms with Crippen LogP contribution in [0.2, 0.25) is 5.02 Å². The summed E-state index contributed by atoms with van der Waals surface area (Å²) < 4.78 is 0. The van der Waals surface area contributed by atoms with Crippen LogP contribution in [-0.4, -0.2) is 5.91 Å². The lowest BCUT2D eigenvalue weighted by Crippen LogP contribution is -2.17. The summed E-state index contributed by atoms with van der Waals surface area (Å²) >= 11 is 5.84. The molecule has 0 aliphatic heterocycles. The molecule has 0 saturated heterocycles. The van der Waals surface area contributed by atoms with Crippen LogP contribution in [0.1, 0.15) is 13.8 Å². The maximum absolute atomic E-state index is 11.6. The summed E-state index contributed by atoms with van der Waals surface area (Å²) in [5.74, 6) is -0.00900. The first kappa shape index (κ1) is 14.4. The molecule has 0 aliphatic carbocycles. The predicted molar refractivity (Wildman–Crippen MR) is 84.6 cm³/mol. The second-order valence-electron chi connectivity index (χ2n) is 4.85. The highest BCUT2D eigenvalue weighted by atomic mass is 35.5. The number of anilines is 3. The second-order valence-corrected chi connectivity index (χ2v) is 5.29. The van der Waals surface area contributed by atoms with Gasteiger partial charge in [-0.05, 0) is 48.5 Å². The van der Waals surface area contributed by atoms with Crippen molar-refractivity contribution in [3.63, 3.8) is 0 Å². The third-order valence-electron chi connectivity index (χ3n) is 2.81. The molecule has 0 heterocycles. The Labute approximate surface area is 124 Å². The lowest BCUT2D eigenvalue weighted by atomic mass is 10.2. The smallest absolute Gasteiger partial charge is 0.226 e. The summed E-state index contributed by atoms with van der Waals surface area (Å²) in [6, 6.07) is 15.1. The van der Waals surface area contributed by atoms with Gasteiger partial charge in [-0.25, -0.2) is 0 Å². The molecule has 2 N–H and O–H groups in total. The molecule has 0 radical (unpaired) electrons. The average Bonchev–Trinajstić information content (AvgIpc) is 2.43. The molecule has 0 bridgehead atoms. The molecule has 1 amide bonds. The Kier molecular flexibility index (Phi) is 4.64. The van der Waals surface area contributed by atoms with E-state index in [2.05, 4.69) is 10.6 Å². The van der Waals surface area contributed by atoms with Crippen LogP contribution in [0.25, 0.3) is 0 Å². The van der Waals surface area contributed by atoms with Gasteiger partial charge in [-0.15, -0.1) is 0 Å². The summed E-state index contributed by atoms with van der Waals surface area (Å²) in [6.45, 7) is 3.73. The standard InChI is InChI=1S/C16H17ClN2O/c1-11(2)16(20)19-15-9-7-14(8-10-15)18-13-5-3-12(17)4-6-13/h3-11,18H,1-2H3,(H,19,20). The van der Waals surface area contributed by atoms with Gasteiger partial charge >= 0.3 is 0 Å². The Bertz CT molecular complexity index is 576. The molecular weight excluding hydrogens is 272 g/mol. The number of hydrogen-bond donors (Lipinski definition) is 2. The predicted octanol–water partition coefficient (Wildman–Crippen LogP) is 4.68. The third kappa shape index (κ3) is 4.00. The van der Waals surface area contributed by atoms with Gasteiger partial charge in [0.1, 0.15) is 0 Å². The van der Waals surface area contributed by atoms with Crippen molar-refractivity contribution in [2.75, 3.05) is 10.6 Å². The number of nitrogens with one attached hydrogen (secondary N) is 2. The van der Waals surface area contributed by atoms with E-state index in [1.807, 2.05) is 62.4 Å². The molecule has 0 fully saturated rings. The normalized spacial score (nSPS) is 10.4. The number of carbonyl (C=O) groups is 1. The Morgan fingerprint density at radius 2 is 1.35 bits per heavy atom. The number of hydrogen-bond acceptors (Lipinski definition) is 2. The van der Waals surface area contributed by atoms with Crippen molar-refractivity contribution in [3.05, 3.63) is 53.6 Å². The maximum Gasteiger partial charge on any atom is 0.226 e. The Hall–Kier alpha value is -2.00. The van der Waals surface area contributed by atoms with Crippen LogP contribution in [0.5, 0.6) is 0 Å². The lowest BCUT2D eigenvalue weighted by Gasteiger charge is -2.10. The first-order valence-corrected chi connectivity index (χ1v) is 6.86. The Morgan fingerprint density at radius 3 is 1.85 bits per heavy atom. The molecule has 0 aromatic heterocycles. The van der Waals surface area contributed by atoms with Crippen LogP contribution in [0.4, 0.5) is 17.1 Å². The van der Waals surface area contributed by atoms with Gasteiger partial charge in [0, 0.05) is 28.0 Å². The van der Waals surface area contributed by atoms with Gasteiger partial charge in [0.2, 0.25) is 5.91 Å². The SMILES string of the molecule is CC(C)C(=O)Nc1ccc(Nc2ccc(Cl)cc2)cc1. The maximum atomic E-state index is 11.6. The first-order chi connectivity index (χ1) is 9.54. The highest BCUT2D eigenvalue weighted by molar-refractivity contribution is 6.30. The molecule has 2 aromatic carbocycles. The van der Waals surface area contributed by atoms with Crippen molar-refractivity contribution >= 4 is 34.6 Å². The minimum atomic E-state index is -0.0260. The lowest BCUT2D eigenvalue weighted by molar-refractivity contribution is -0.118. The second kappa shape index (κ2) is 6.44. The molecule has 20 heavy (non-hydrogen) atoms. The van der Waals surface area contributed by atoms with Crippen molar-refractivity contribution in [1.82, 2.24) is 0 Å². The summed E-state index contributed by atoms with van der Waals surface area (Å²) in [5, 5.41) is 6.83. The highest BCUT2D eigenvalue weighted by Crippen LogP contribution is 2.20. The highest BCUT2D eigenvalue weighted by Gasteiger charge is 2.06. The van der Waals surface area contributed by atoms with Gasteiger partial charge in [-0.3, -0.25) is 4.79 Å². The number of carbonyl (C=O) groups excluding carboxylic acids is 1. The van der Waals surface area contributed by atoms with E-state index in [0.717, 1.165) is 17.1 Å². The molecule has 0 spiro atoms. The summed E-state index contributed by atoms with van der Waals surface area (Å²) in [4.78, 5) is 11.6. The molecule has 2 aromatic rings. The van der Waals surface area contributed by atoms with Gasteiger partial charge in [0.05, 0.1) is 0 Å². The van der Waals surface area contributed by atoms with Crippen molar-refractivity contribution in [2.24, 2.45) is 5.92 Å². The minimum absolute atomic E-state index is 0.0170. The van der Waals surface area contributed by atoms with E-state index >= 15 is 0 Å². The van der Waals surface area contributed by atoms with Crippen LogP contribution >= 0.6 is 11.6 Å². The zero-order valence-electron chi connectivity index (χ0n) is 11.5. The summed E-state index contributed by atoms with van der Waals surface area (Å²) in [7, 11) is 0. The molecule has 2 rings (SSSR count). The zero-order valence-corrected chi connectivity index (χ0v) is 12.2. The monoisotopic (exact) mass is 288 g/mol. The van der Waals surface area contributed by atoms with Crippen LogP contribution < -0.4 is 10.6 Å². The van der Waals surface area contributed by atoms with Crippen LogP contribution in [0, 0.1) is 5.92 Å². The first-order valence-electron chi connectivity index (χ1n) is 6.48. The Morgan fingerprint density at radius 1 is 0.900 bits per heavy atom. The van der Waals surface area contributed by atoms with Gasteiger partial charge in [0.15, 0.2) is 0 Å². The van der Waals surface area contributed by atoms with Gasteiger partial charge in [0.25, 0.3) is 0 Å². The molecular formula is C16H17ClN2O. The van der Waals surface area contributed by atoms with E-state index in [4.69, 9.17) is 11.6 Å². The van der Waals surface area contributed by atoms with E-state index in [0.29, 0.717) is 5.02 Å². The fraction of sp³-hybridized carbons (Fsp3) is 0.188. The van der Waals surface area contributed by atoms with Crippen LogP contribution in [0.15, 0.2) is 48.5 Å². The van der Waals surface area contributed by atoms with Crippen LogP contribution in [-0.2, 0) is 4.79 Å². The van der Waals surface area contributed by atoms with Gasteiger partial charge in [-0.2, -0.15) is 0 Å². The third-order valence-corrected chi connectivity index (χ3v) is 3.06.